The maximum absolute atomic E-state index is 5.48. The molecule has 200 valence electrons. The molecule has 9 heteroatoms. The van der Waals surface area contributed by atoms with Gasteiger partial charge in [-0.25, -0.2) is 0 Å². The van der Waals surface area contributed by atoms with Gasteiger partial charge in [0.15, 0.2) is 0 Å². The predicted octanol–water partition coefficient (Wildman–Crippen LogP) is 2.59. The van der Waals surface area contributed by atoms with Crippen LogP contribution in [0.3, 0.4) is 0 Å². The Labute approximate surface area is 201 Å². The molecule has 0 atom stereocenters. The Morgan fingerprint density at radius 2 is 0.545 bits per heavy atom. The molecular weight excluding hydrogens is 432 g/mol. The van der Waals surface area contributed by atoms with Crippen LogP contribution in [0.25, 0.3) is 0 Å². The van der Waals surface area contributed by atoms with Gasteiger partial charge in [0.25, 0.3) is 0 Å². The van der Waals surface area contributed by atoms with E-state index >= 15 is 0 Å². The summed E-state index contributed by atoms with van der Waals surface area (Å²) in [4.78, 5) is 0. The lowest BCUT2D eigenvalue weighted by molar-refractivity contribution is -0.0251. The van der Waals surface area contributed by atoms with E-state index in [9.17, 15) is 0 Å². The summed E-state index contributed by atoms with van der Waals surface area (Å²) in [5.74, 6) is 0.676. The molecule has 0 bridgehead atoms. The van der Waals surface area contributed by atoms with E-state index in [1.807, 2.05) is 0 Å². The first-order chi connectivity index (χ1) is 16.3. The standard InChI is InChI=1S/C24H50O9/c1-4-6-25-8-10-27-12-14-29-16-18-31-20-22-33-23-21-32-19-17-30-15-13-28-11-9-26-7-5-24(2)3/h24H,4-23H2,1-3H3. The van der Waals surface area contributed by atoms with Crippen LogP contribution in [0.4, 0.5) is 0 Å². The molecule has 0 rings (SSSR count). The van der Waals surface area contributed by atoms with Crippen molar-refractivity contribution >= 4 is 0 Å². The molecule has 0 aromatic carbocycles. The highest BCUT2D eigenvalue weighted by Crippen LogP contribution is 1.98. The molecule has 0 aromatic rings. The summed E-state index contributed by atoms with van der Waals surface area (Å²) in [6, 6.07) is 0. The summed E-state index contributed by atoms with van der Waals surface area (Å²) in [7, 11) is 0. The highest BCUT2D eigenvalue weighted by atomic mass is 16.6. The van der Waals surface area contributed by atoms with Crippen LogP contribution < -0.4 is 0 Å². The van der Waals surface area contributed by atoms with Crippen molar-refractivity contribution in [3.8, 4) is 0 Å². The minimum Gasteiger partial charge on any atom is -0.379 e. The molecule has 0 aliphatic heterocycles. The molecule has 0 N–H and O–H groups in total. The maximum atomic E-state index is 5.48. The third-order valence-electron chi connectivity index (χ3n) is 4.16. The fourth-order valence-corrected chi connectivity index (χ4v) is 2.32. The second kappa shape index (κ2) is 29.7. The van der Waals surface area contributed by atoms with Gasteiger partial charge >= 0.3 is 0 Å². The molecular formula is C24H50O9. The summed E-state index contributed by atoms with van der Waals surface area (Å²) < 4.78 is 48.9. The summed E-state index contributed by atoms with van der Waals surface area (Å²) >= 11 is 0. The Bertz CT molecular complexity index is 346. The van der Waals surface area contributed by atoms with Gasteiger partial charge in [0, 0.05) is 13.2 Å². The fourth-order valence-electron chi connectivity index (χ4n) is 2.32. The SMILES string of the molecule is CCCOCCOCCOCCOCCOCCOCCOCCOCCOCCC(C)C. The Kier molecular flexibility index (Phi) is 29.3. The predicted molar refractivity (Wildman–Crippen MR) is 127 cm³/mol. The summed E-state index contributed by atoms with van der Waals surface area (Å²) in [6.07, 6.45) is 2.12. The average molecular weight is 483 g/mol. The first kappa shape index (κ1) is 32.6. The Morgan fingerprint density at radius 1 is 0.333 bits per heavy atom. The molecule has 0 saturated carbocycles. The number of ether oxygens (including phenoxy) is 9. The molecule has 0 heterocycles. The van der Waals surface area contributed by atoms with Crippen LogP contribution in [0.15, 0.2) is 0 Å². The lowest BCUT2D eigenvalue weighted by Gasteiger charge is -2.09. The van der Waals surface area contributed by atoms with Crippen molar-refractivity contribution in [1.29, 1.82) is 0 Å². The van der Waals surface area contributed by atoms with Gasteiger partial charge in [0.2, 0.25) is 0 Å². The Balaban J connectivity index is 3.00. The normalized spacial score (nSPS) is 11.6. The first-order valence-corrected chi connectivity index (χ1v) is 12.5. The van der Waals surface area contributed by atoms with Crippen LogP contribution >= 0.6 is 0 Å². The third-order valence-corrected chi connectivity index (χ3v) is 4.16. The van der Waals surface area contributed by atoms with Gasteiger partial charge in [-0.3, -0.25) is 0 Å². The largest absolute Gasteiger partial charge is 0.379 e. The van der Waals surface area contributed by atoms with Crippen LogP contribution in [0.5, 0.6) is 0 Å². The zero-order chi connectivity index (χ0) is 24.1. The quantitative estimate of drug-likeness (QED) is 0.149. The van der Waals surface area contributed by atoms with Crippen molar-refractivity contribution in [3.05, 3.63) is 0 Å². The van der Waals surface area contributed by atoms with E-state index in [0.717, 1.165) is 26.1 Å². The van der Waals surface area contributed by atoms with E-state index in [1.54, 1.807) is 0 Å². The molecule has 33 heavy (non-hydrogen) atoms. The smallest absolute Gasteiger partial charge is 0.0701 e. The molecule has 0 amide bonds. The minimum atomic E-state index is 0.541. The highest BCUT2D eigenvalue weighted by Gasteiger charge is 1.96. The topological polar surface area (TPSA) is 83.1 Å². The number of rotatable bonds is 29. The minimum absolute atomic E-state index is 0.541. The number of hydrogen-bond donors (Lipinski definition) is 0. The zero-order valence-corrected chi connectivity index (χ0v) is 21.4. The molecule has 0 aliphatic rings. The van der Waals surface area contributed by atoms with Gasteiger partial charge in [-0.05, 0) is 18.8 Å². The molecule has 0 unspecified atom stereocenters. The van der Waals surface area contributed by atoms with Crippen molar-refractivity contribution in [2.45, 2.75) is 33.6 Å². The van der Waals surface area contributed by atoms with Crippen molar-refractivity contribution in [2.24, 2.45) is 5.92 Å². The van der Waals surface area contributed by atoms with Gasteiger partial charge in [-0.15, -0.1) is 0 Å². The second-order valence-electron chi connectivity index (χ2n) is 7.69. The second-order valence-corrected chi connectivity index (χ2v) is 7.69. The fraction of sp³-hybridized carbons (Fsp3) is 1.00. The molecule has 0 saturated heterocycles. The monoisotopic (exact) mass is 482 g/mol. The van der Waals surface area contributed by atoms with E-state index in [1.165, 1.54) is 0 Å². The summed E-state index contributed by atoms with van der Waals surface area (Å²) in [5.41, 5.74) is 0. The molecule has 0 aliphatic carbocycles. The Morgan fingerprint density at radius 3 is 0.758 bits per heavy atom. The molecule has 0 radical (unpaired) electrons. The van der Waals surface area contributed by atoms with E-state index < -0.39 is 0 Å². The van der Waals surface area contributed by atoms with Crippen LogP contribution in [-0.2, 0) is 42.6 Å². The first-order valence-electron chi connectivity index (χ1n) is 12.5. The summed E-state index contributed by atoms with van der Waals surface area (Å²) in [5, 5.41) is 0. The van der Waals surface area contributed by atoms with E-state index in [0.29, 0.717) is 112 Å². The van der Waals surface area contributed by atoms with Gasteiger partial charge < -0.3 is 42.6 Å². The van der Waals surface area contributed by atoms with Crippen molar-refractivity contribution in [2.75, 3.05) is 119 Å². The lowest BCUT2D eigenvalue weighted by Crippen LogP contribution is -2.15. The summed E-state index contributed by atoms with van der Waals surface area (Å²) in [6.45, 7) is 17.2. The van der Waals surface area contributed by atoms with Gasteiger partial charge in [-0.2, -0.15) is 0 Å². The van der Waals surface area contributed by atoms with Crippen LogP contribution in [0, 0.1) is 5.92 Å². The van der Waals surface area contributed by atoms with Gasteiger partial charge in [0.1, 0.15) is 0 Å². The van der Waals surface area contributed by atoms with Crippen LogP contribution in [0.1, 0.15) is 33.6 Å². The molecule has 0 fully saturated rings. The lowest BCUT2D eigenvalue weighted by atomic mass is 10.1. The highest BCUT2D eigenvalue weighted by molar-refractivity contribution is 4.43. The zero-order valence-electron chi connectivity index (χ0n) is 21.4. The van der Waals surface area contributed by atoms with Crippen LogP contribution in [0.2, 0.25) is 0 Å². The van der Waals surface area contributed by atoms with Crippen molar-refractivity contribution < 1.29 is 42.6 Å². The van der Waals surface area contributed by atoms with Crippen molar-refractivity contribution in [1.82, 2.24) is 0 Å². The molecule has 9 nitrogen and oxygen atoms in total. The van der Waals surface area contributed by atoms with E-state index in [2.05, 4.69) is 20.8 Å². The molecule has 0 aromatic heterocycles. The Hall–Kier alpha value is -0.360. The van der Waals surface area contributed by atoms with Crippen LogP contribution in [-0.4, -0.2) is 119 Å². The average Bonchev–Trinajstić information content (AvgIpc) is 2.80. The van der Waals surface area contributed by atoms with Crippen molar-refractivity contribution in [3.63, 3.8) is 0 Å². The number of hydrogen-bond acceptors (Lipinski definition) is 9. The van der Waals surface area contributed by atoms with Gasteiger partial charge in [0.05, 0.1) is 106 Å². The maximum Gasteiger partial charge on any atom is 0.0701 e. The van der Waals surface area contributed by atoms with E-state index in [-0.39, 0.29) is 0 Å². The van der Waals surface area contributed by atoms with Gasteiger partial charge in [-0.1, -0.05) is 20.8 Å². The molecule has 0 spiro atoms. The third kappa shape index (κ3) is 31.6. The van der Waals surface area contributed by atoms with E-state index in [4.69, 9.17) is 42.6 Å².